The van der Waals surface area contributed by atoms with Crippen molar-refractivity contribution in [3.8, 4) is 5.69 Å². The SMILES string of the molecule is CN1C=NNC1C(c1cc(Br)cc(-n2cc3n(c2=O)C=CCC3C(F)(F)F)c1)C1CCC1. The number of likely N-dealkylation sites (N-methyl/N-ethyl adjacent to an activating group) is 1. The molecule has 1 aromatic heterocycles. The number of fused-ring (bicyclic) bond motifs is 1. The highest BCUT2D eigenvalue weighted by atomic mass is 79.9. The number of hydrogen-bond donors (Lipinski definition) is 1. The molecule has 1 aromatic carbocycles. The van der Waals surface area contributed by atoms with Crippen molar-refractivity contribution in [2.24, 2.45) is 11.0 Å². The van der Waals surface area contributed by atoms with Crippen molar-refractivity contribution in [1.82, 2.24) is 19.5 Å². The molecule has 0 saturated heterocycles. The molecule has 3 unspecified atom stereocenters. The average Bonchev–Trinajstić information content (AvgIpc) is 3.26. The molecule has 0 bridgehead atoms. The van der Waals surface area contributed by atoms with Crippen LogP contribution >= 0.6 is 15.9 Å². The maximum atomic E-state index is 13.6. The summed E-state index contributed by atoms with van der Waals surface area (Å²) in [5.74, 6) is -1.09. The van der Waals surface area contributed by atoms with E-state index >= 15 is 0 Å². The average molecular weight is 510 g/mol. The first-order chi connectivity index (χ1) is 15.2. The lowest BCUT2D eigenvalue weighted by Crippen LogP contribution is -2.44. The summed E-state index contributed by atoms with van der Waals surface area (Å²) in [5, 5.41) is 4.19. The molecule has 1 saturated carbocycles. The molecule has 5 rings (SSSR count). The topological polar surface area (TPSA) is 54.6 Å². The van der Waals surface area contributed by atoms with Crippen LogP contribution in [0.5, 0.6) is 0 Å². The summed E-state index contributed by atoms with van der Waals surface area (Å²) in [5.41, 5.74) is 4.20. The third-order valence-corrected chi connectivity index (χ3v) is 7.24. The van der Waals surface area contributed by atoms with Crippen LogP contribution in [0, 0.1) is 5.92 Å². The van der Waals surface area contributed by atoms with Crippen molar-refractivity contribution in [2.45, 2.75) is 49.9 Å². The number of aromatic nitrogens is 2. The van der Waals surface area contributed by atoms with Gasteiger partial charge in [-0.25, -0.2) is 4.79 Å². The minimum Gasteiger partial charge on any atom is -0.342 e. The van der Waals surface area contributed by atoms with E-state index in [2.05, 4.69) is 26.5 Å². The first kappa shape index (κ1) is 21.4. The van der Waals surface area contributed by atoms with E-state index in [0.29, 0.717) is 11.6 Å². The number of nitrogens with one attached hydrogen (secondary N) is 1. The van der Waals surface area contributed by atoms with E-state index in [-0.39, 0.29) is 24.2 Å². The second kappa shape index (κ2) is 7.83. The summed E-state index contributed by atoms with van der Waals surface area (Å²) >= 11 is 3.55. The first-order valence-electron chi connectivity index (χ1n) is 10.6. The number of imidazole rings is 1. The predicted octanol–water partition coefficient (Wildman–Crippen LogP) is 4.61. The fraction of sp³-hybridized carbons (Fsp3) is 0.455. The van der Waals surface area contributed by atoms with Crippen molar-refractivity contribution in [3.05, 3.63) is 56.7 Å². The lowest BCUT2D eigenvalue weighted by molar-refractivity contribution is -0.151. The van der Waals surface area contributed by atoms with Gasteiger partial charge < -0.3 is 4.90 Å². The Balaban J connectivity index is 1.59. The Morgan fingerprint density at radius 3 is 2.66 bits per heavy atom. The van der Waals surface area contributed by atoms with Crippen LogP contribution < -0.4 is 11.1 Å². The Morgan fingerprint density at radius 2 is 2.03 bits per heavy atom. The number of benzene rings is 1. The Labute approximate surface area is 191 Å². The highest BCUT2D eigenvalue weighted by Crippen LogP contribution is 2.44. The molecule has 32 heavy (non-hydrogen) atoms. The van der Waals surface area contributed by atoms with Crippen LogP contribution in [0.3, 0.4) is 0 Å². The number of allylic oxidation sites excluding steroid dienone is 1. The number of rotatable bonds is 4. The van der Waals surface area contributed by atoms with E-state index in [1.807, 2.05) is 24.1 Å². The van der Waals surface area contributed by atoms with Gasteiger partial charge in [-0.1, -0.05) is 28.4 Å². The molecule has 2 aliphatic heterocycles. The molecule has 0 amide bonds. The highest BCUT2D eigenvalue weighted by Gasteiger charge is 2.43. The molecule has 3 atom stereocenters. The maximum Gasteiger partial charge on any atom is 0.397 e. The summed E-state index contributed by atoms with van der Waals surface area (Å²) in [6.45, 7) is 0. The molecule has 3 heterocycles. The largest absolute Gasteiger partial charge is 0.397 e. The predicted molar refractivity (Wildman–Crippen MR) is 120 cm³/mol. The van der Waals surface area contributed by atoms with Crippen molar-refractivity contribution in [3.63, 3.8) is 0 Å². The van der Waals surface area contributed by atoms with E-state index in [4.69, 9.17) is 0 Å². The fourth-order valence-electron chi connectivity index (χ4n) is 4.93. The van der Waals surface area contributed by atoms with Gasteiger partial charge in [0.05, 0.1) is 11.4 Å². The van der Waals surface area contributed by atoms with Gasteiger partial charge in [-0.2, -0.15) is 18.3 Å². The third-order valence-electron chi connectivity index (χ3n) is 6.78. The van der Waals surface area contributed by atoms with Crippen LogP contribution in [-0.4, -0.2) is 39.8 Å². The molecule has 0 radical (unpaired) electrons. The van der Waals surface area contributed by atoms with Crippen molar-refractivity contribution >= 4 is 28.5 Å². The molecule has 10 heteroatoms. The van der Waals surface area contributed by atoms with Crippen LogP contribution in [0.15, 0.2) is 44.8 Å². The molecule has 1 N–H and O–H groups in total. The molecule has 2 aromatic rings. The molecule has 1 fully saturated rings. The van der Waals surface area contributed by atoms with Crippen molar-refractivity contribution in [2.75, 3.05) is 7.05 Å². The zero-order chi connectivity index (χ0) is 22.6. The summed E-state index contributed by atoms with van der Waals surface area (Å²) in [7, 11) is 1.97. The summed E-state index contributed by atoms with van der Waals surface area (Å²) < 4.78 is 43.8. The molecule has 0 spiro atoms. The van der Waals surface area contributed by atoms with Crippen LogP contribution in [0.4, 0.5) is 13.2 Å². The van der Waals surface area contributed by atoms with Crippen LogP contribution in [0.25, 0.3) is 11.9 Å². The van der Waals surface area contributed by atoms with E-state index in [0.717, 1.165) is 27.4 Å². The molecular weight excluding hydrogens is 487 g/mol. The van der Waals surface area contributed by atoms with E-state index < -0.39 is 17.8 Å². The minimum atomic E-state index is -4.42. The van der Waals surface area contributed by atoms with Gasteiger partial charge in [0.25, 0.3) is 0 Å². The van der Waals surface area contributed by atoms with Gasteiger partial charge in [-0.15, -0.1) is 0 Å². The number of halogens is 4. The quantitative estimate of drug-likeness (QED) is 0.654. The third kappa shape index (κ3) is 3.58. The van der Waals surface area contributed by atoms with Crippen LogP contribution in [0.2, 0.25) is 0 Å². The van der Waals surface area contributed by atoms with Crippen molar-refractivity contribution < 1.29 is 13.2 Å². The van der Waals surface area contributed by atoms with Crippen LogP contribution in [-0.2, 0) is 0 Å². The summed E-state index contributed by atoms with van der Waals surface area (Å²) in [6, 6.07) is 5.71. The van der Waals surface area contributed by atoms with Gasteiger partial charge in [-0.05, 0) is 48.9 Å². The minimum absolute atomic E-state index is 0.0149. The number of nitrogens with zero attached hydrogens (tertiary/aromatic N) is 4. The van der Waals surface area contributed by atoms with Gasteiger partial charge in [0.1, 0.15) is 18.4 Å². The number of alkyl halides is 3. The van der Waals surface area contributed by atoms with Crippen LogP contribution in [0.1, 0.15) is 48.8 Å². The van der Waals surface area contributed by atoms with Gasteiger partial charge >= 0.3 is 11.9 Å². The molecular formula is C22H23BrF3N5O. The maximum absolute atomic E-state index is 13.6. The zero-order valence-corrected chi connectivity index (χ0v) is 19.0. The Hall–Kier alpha value is -2.49. The van der Waals surface area contributed by atoms with Gasteiger partial charge in [0.2, 0.25) is 0 Å². The molecule has 6 nitrogen and oxygen atoms in total. The van der Waals surface area contributed by atoms with E-state index in [9.17, 15) is 18.0 Å². The summed E-state index contributed by atoms with van der Waals surface area (Å²) in [6.07, 6.45) is 4.71. The molecule has 3 aliphatic rings. The lowest BCUT2D eigenvalue weighted by atomic mass is 9.71. The van der Waals surface area contributed by atoms with Crippen molar-refractivity contribution in [1.29, 1.82) is 0 Å². The zero-order valence-electron chi connectivity index (χ0n) is 17.4. The lowest BCUT2D eigenvalue weighted by Gasteiger charge is -2.39. The Morgan fingerprint density at radius 1 is 1.25 bits per heavy atom. The number of hydrazone groups is 1. The summed E-state index contributed by atoms with van der Waals surface area (Å²) in [4.78, 5) is 15.1. The fourth-order valence-corrected chi connectivity index (χ4v) is 5.43. The monoisotopic (exact) mass is 509 g/mol. The second-order valence-electron chi connectivity index (χ2n) is 8.73. The normalized spacial score (nSPS) is 23.7. The van der Waals surface area contributed by atoms with Gasteiger partial charge in [-0.3, -0.25) is 14.6 Å². The van der Waals surface area contributed by atoms with Gasteiger partial charge in [0.15, 0.2) is 0 Å². The Kier molecular flexibility index (Phi) is 5.22. The van der Waals surface area contributed by atoms with E-state index in [1.54, 1.807) is 12.4 Å². The smallest absolute Gasteiger partial charge is 0.342 e. The van der Waals surface area contributed by atoms with Gasteiger partial charge in [0, 0.05) is 29.8 Å². The van der Waals surface area contributed by atoms with E-state index in [1.165, 1.54) is 29.5 Å². The first-order valence-corrected chi connectivity index (χ1v) is 11.4. The second-order valence-corrected chi connectivity index (χ2v) is 9.65. The Bertz CT molecular complexity index is 1150. The molecule has 170 valence electrons. The molecule has 1 aliphatic carbocycles. The number of hydrogen-bond acceptors (Lipinski definition) is 4. The highest BCUT2D eigenvalue weighted by molar-refractivity contribution is 9.10. The standard InChI is InChI=1S/C22H23BrF3N5O/c1-29-12-27-28-20(29)19(13-4-2-5-13)14-8-15(23)10-16(9-14)31-11-18-17(22(24,25)26)6-3-7-30(18)21(31)32/h3,7-13,17,19-20,28H,2,4-6H2,1H3.